The van der Waals surface area contributed by atoms with Gasteiger partial charge in [-0.1, -0.05) is 0 Å². The molecule has 0 aromatic carbocycles. The third-order valence-electron chi connectivity index (χ3n) is 5.43. The van der Waals surface area contributed by atoms with Crippen molar-refractivity contribution in [2.75, 3.05) is 7.05 Å². The van der Waals surface area contributed by atoms with Crippen molar-refractivity contribution in [1.82, 2.24) is 25.0 Å². The van der Waals surface area contributed by atoms with Crippen molar-refractivity contribution < 1.29 is 4.79 Å². The van der Waals surface area contributed by atoms with Crippen LogP contribution >= 0.6 is 24.8 Å². The Morgan fingerprint density at radius 1 is 1.28 bits per heavy atom. The first-order valence-electron chi connectivity index (χ1n) is 8.35. The smallest absolute Gasteiger partial charge is 0.255 e. The second-order valence-corrected chi connectivity index (χ2v) is 6.98. The molecule has 2 aromatic heterocycles. The molecule has 8 heteroatoms. The van der Waals surface area contributed by atoms with Crippen molar-refractivity contribution in [2.24, 2.45) is 7.05 Å². The molecule has 138 valence electrons. The van der Waals surface area contributed by atoms with Crippen LogP contribution in [0.3, 0.4) is 0 Å². The summed E-state index contributed by atoms with van der Waals surface area (Å²) < 4.78 is 1.76. The summed E-state index contributed by atoms with van der Waals surface area (Å²) in [5.41, 5.74) is 2.39. The van der Waals surface area contributed by atoms with Gasteiger partial charge in [-0.15, -0.1) is 24.8 Å². The lowest BCUT2D eigenvalue weighted by Gasteiger charge is -2.35. The summed E-state index contributed by atoms with van der Waals surface area (Å²) in [7, 11) is 3.80. The monoisotopic (exact) mass is 385 g/mol. The summed E-state index contributed by atoms with van der Waals surface area (Å²) in [5.74, 6) is 0.0638. The van der Waals surface area contributed by atoms with Crippen LogP contribution in [-0.4, -0.2) is 50.7 Å². The summed E-state index contributed by atoms with van der Waals surface area (Å²) in [6, 6.07) is 3.41. The number of nitrogens with zero attached hydrogens (tertiary/aromatic N) is 4. The average Bonchev–Trinajstić information content (AvgIpc) is 3.04. The molecule has 0 aliphatic carbocycles. The summed E-state index contributed by atoms with van der Waals surface area (Å²) in [6.07, 6.45) is 6.27. The van der Waals surface area contributed by atoms with Crippen molar-refractivity contribution in [3.05, 3.63) is 23.5 Å². The van der Waals surface area contributed by atoms with E-state index in [1.165, 1.54) is 12.8 Å². The Balaban J connectivity index is 0.00000113. The number of carbonyl (C=O) groups is 1. The van der Waals surface area contributed by atoms with Gasteiger partial charge in [0, 0.05) is 43.8 Å². The normalized spacial score (nSPS) is 24.5. The molecule has 2 fully saturated rings. The zero-order valence-corrected chi connectivity index (χ0v) is 16.4. The Morgan fingerprint density at radius 3 is 2.56 bits per heavy atom. The zero-order chi connectivity index (χ0) is 16.1. The van der Waals surface area contributed by atoms with Crippen LogP contribution in [0, 0.1) is 6.92 Å². The molecule has 2 unspecified atom stereocenters. The highest BCUT2D eigenvalue weighted by atomic mass is 35.5. The van der Waals surface area contributed by atoms with E-state index >= 15 is 0 Å². The number of rotatable bonds is 2. The Morgan fingerprint density at radius 2 is 1.92 bits per heavy atom. The maximum absolute atomic E-state index is 12.9. The van der Waals surface area contributed by atoms with E-state index in [0.29, 0.717) is 23.7 Å². The molecule has 2 atom stereocenters. The molecule has 1 amide bonds. The number of pyridine rings is 1. The third kappa shape index (κ3) is 3.48. The average molecular weight is 386 g/mol. The van der Waals surface area contributed by atoms with Crippen LogP contribution in [0.4, 0.5) is 0 Å². The lowest BCUT2D eigenvalue weighted by molar-refractivity contribution is 0.0681. The molecule has 1 N–H and O–H groups in total. The number of nitrogens with one attached hydrogen (secondary N) is 1. The fourth-order valence-corrected chi connectivity index (χ4v) is 4.14. The van der Waals surface area contributed by atoms with Gasteiger partial charge >= 0.3 is 0 Å². The van der Waals surface area contributed by atoms with Crippen LogP contribution < -0.4 is 5.32 Å². The van der Waals surface area contributed by atoms with E-state index in [1.807, 2.05) is 32.0 Å². The molecule has 0 radical (unpaired) electrons. The first-order valence-corrected chi connectivity index (χ1v) is 8.35. The number of aryl methyl sites for hydroxylation is 2. The minimum Gasteiger partial charge on any atom is -0.339 e. The van der Waals surface area contributed by atoms with E-state index in [0.717, 1.165) is 29.6 Å². The van der Waals surface area contributed by atoms with Gasteiger partial charge in [-0.05, 0) is 38.7 Å². The second kappa shape index (κ2) is 7.48. The number of fused-ring (bicyclic) bond motifs is 3. The van der Waals surface area contributed by atoms with Gasteiger partial charge in [0.1, 0.15) is 0 Å². The SMILES string of the molecule is Cc1nn(C)c2ncc(C(=O)N(C)C3CC4CCC(C3)N4)cc12.Cl.Cl. The maximum Gasteiger partial charge on any atom is 0.255 e. The summed E-state index contributed by atoms with van der Waals surface area (Å²) in [5, 5.41) is 8.96. The topological polar surface area (TPSA) is 63.1 Å². The van der Waals surface area contributed by atoms with Crippen molar-refractivity contribution in [3.8, 4) is 0 Å². The zero-order valence-electron chi connectivity index (χ0n) is 14.7. The Kier molecular flexibility index (Phi) is 5.97. The molecule has 2 saturated heterocycles. The van der Waals surface area contributed by atoms with Crippen LogP contribution in [0.25, 0.3) is 11.0 Å². The van der Waals surface area contributed by atoms with Gasteiger partial charge in [0.25, 0.3) is 5.91 Å². The number of hydrogen-bond acceptors (Lipinski definition) is 4. The number of aromatic nitrogens is 3. The minimum atomic E-state index is 0. The number of piperidine rings is 1. The van der Waals surface area contributed by atoms with Gasteiger partial charge in [0.15, 0.2) is 5.65 Å². The molecular formula is C17H25Cl2N5O. The molecule has 2 bridgehead atoms. The highest BCUT2D eigenvalue weighted by Gasteiger charge is 2.36. The van der Waals surface area contributed by atoms with Crippen molar-refractivity contribution in [2.45, 2.75) is 50.7 Å². The summed E-state index contributed by atoms with van der Waals surface area (Å²) in [4.78, 5) is 19.2. The minimum absolute atomic E-state index is 0. The second-order valence-electron chi connectivity index (χ2n) is 6.98. The van der Waals surface area contributed by atoms with Crippen LogP contribution in [-0.2, 0) is 7.05 Å². The van der Waals surface area contributed by atoms with Gasteiger partial charge in [0.05, 0.1) is 11.3 Å². The van der Waals surface area contributed by atoms with Gasteiger partial charge in [-0.3, -0.25) is 9.48 Å². The standard InChI is InChI=1S/C17H23N5O.2ClH/c1-10-15-6-11(9-18-16(15)22(3)20-10)17(23)21(2)14-7-12-4-5-13(8-14)19-12;;/h6,9,12-14,19H,4-5,7-8H2,1-3H3;2*1H. The van der Waals surface area contributed by atoms with E-state index in [1.54, 1.807) is 10.9 Å². The lowest BCUT2D eigenvalue weighted by atomic mass is 9.98. The lowest BCUT2D eigenvalue weighted by Crippen LogP contribution is -2.48. The molecule has 0 spiro atoms. The Labute approximate surface area is 160 Å². The molecule has 2 aliphatic heterocycles. The van der Waals surface area contributed by atoms with Gasteiger partial charge < -0.3 is 10.2 Å². The summed E-state index contributed by atoms with van der Waals surface area (Å²) >= 11 is 0. The fourth-order valence-electron chi connectivity index (χ4n) is 4.14. The Bertz CT molecular complexity index is 766. The van der Waals surface area contributed by atoms with Crippen LogP contribution in [0.5, 0.6) is 0 Å². The van der Waals surface area contributed by atoms with E-state index in [2.05, 4.69) is 15.4 Å². The maximum atomic E-state index is 12.9. The quantitative estimate of drug-likeness (QED) is 0.862. The molecule has 4 rings (SSSR count). The van der Waals surface area contributed by atoms with Gasteiger partial charge in [-0.25, -0.2) is 4.98 Å². The van der Waals surface area contributed by atoms with E-state index in [9.17, 15) is 4.79 Å². The first kappa shape index (κ1) is 19.9. The van der Waals surface area contributed by atoms with Crippen LogP contribution in [0.15, 0.2) is 12.3 Å². The van der Waals surface area contributed by atoms with E-state index in [4.69, 9.17) is 0 Å². The van der Waals surface area contributed by atoms with Crippen molar-refractivity contribution in [1.29, 1.82) is 0 Å². The predicted octanol–water partition coefficient (Wildman–Crippen LogP) is 2.48. The number of amides is 1. The van der Waals surface area contributed by atoms with Crippen LogP contribution in [0.2, 0.25) is 0 Å². The summed E-state index contributed by atoms with van der Waals surface area (Å²) in [6.45, 7) is 1.95. The molecular weight excluding hydrogens is 361 g/mol. The molecule has 0 saturated carbocycles. The third-order valence-corrected chi connectivity index (χ3v) is 5.43. The van der Waals surface area contributed by atoms with E-state index < -0.39 is 0 Å². The van der Waals surface area contributed by atoms with Crippen molar-refractivity contribution in [3.63, 3.8) is 0 Å². The molecule has 2 aromatic rings. The molecule has 6 nitrogen and oxygen atoms in total. The van der Waals surface area contributed by atoms with E-state index in [-0.39, 0.29) is 30.7 Å². The highest BCUT2D eigenvalue weighted by molar-refractivity contribution is 5.97. The molecule has 4 heterocycles. The number of carbonyl (C=O) groups excluding carboxylic acids is 1. The largest absolute Gasteiger partial charge is 0.339 e. The molecule has 2 aliphatic rings. The number of halogens is 2. The molecule has 25 heavy (non-hydrogen) atoms. The van der Waals surface area contributed by atoms with Crippen molar-refractivity contribution >= 4 is 41.8 Å². The van der Waals surface area contributed by atoms with Crippen LogP contribution in [0.1, 0.15) is 41.7 Å². The number of hydrogen-bond donors (Lipinski definition) is 1. The Hall–Kier alpha value is -1.37. The fraction of sp³-hybridized carbons (Fsp3) is 0.588. The van der Waals surface area contributed by atoms with Gasteiger partial charge in [0.2, 0.25) is 0 Å². The highest BCUT2D eigenvalue weighted by Crippen LogP contribution is 2.30. The first-order chi connectivity index (χ1) is 11.0. The predicted molar refractivity (Wildman–Crippen MR) is 103 cm³/mol. The van der Waals surface area contributed by atoms with Gasteiger partial charge in [-0.2, -0.15) is 5.10 Å².